The second kappa shape index (κ2) is 6.29. The van der Waals surface area contributed by atoms with Crippen LogP contribution in [0.3, 0.4) is 0 Å². The summed E-state index contributed by atoms with van der Waals surface area (Å²) in [6, 6.07) is 9.21. The van der Waals surface area contributed by atoms with Crippen LogP contribution in [-0.2, 0) is 0 Å². The number of nitrogens with one attached hydrogen (secondary N) is 1. The van der Waals surface area contributed by atoms with Gasteiger partial charge in [-0.15, -0.1) is 0 Å². The van der Waals surface area contributed by atoms with Gasteiger partial charge in [-0.1, -0.05) is 41.9 Å². The summed E-state index contributed by atoms with van der Waals surface area (Å²) in [5.41, 5.74) is 1.43. The Labute approximate surface area is 101 Å². The van der Waals surface area contributed by atoms with E-state index < -0.39 is 0 Å². The van der Waals surface area contributed by atoms with E-state index in [0.29, 0.717) is 12.0 Å². The van der Waals surface area contributed by atoms with Gasteiger partial charge in [0.2, 0.25) is 0 Å². The average molecular weight is 270 g/mol. The quantitative estimate of drug-likeness (QED) is 0.854. The summed E-state index contributed by atoms with van der Waals surface area (Å²) in [4.78, 5) is 0. The van der Waals surface area contributed by atoms with Crippen LogP contribution in [0.4, 0.5) is 0 Å². The van der Waals surface area contributed by atoms with E-state index in [-0.39, 0.29) is 0 Å². The molecule has 0 aliphatic rings. The Morgan fingerprint density at radius 1 is 1.20 bits per heavy atom. The standard InChI is InChI=1S/C13H20BrN/c1-4-13(10(3)15-5-2)11-6-8-12(14)9-7-11/h6-10,13,15H,4-5H2,1-3H3. The number of rotatable bonds is 5. The monoisotopic (exact) mass is 269 g/mol. The zero-order chi connectivity index (χ0) is 11.3. The lowest BCUT2D eigenvalue weighted by Gasteiger charge is -2.23. The van der Waals surface area contributed by atoms with Crippen molar-refractivity contribution in [2.45, 2.75) is 39.2 Å². The van der Waals surface area contributed by atoms with E-state index in [9.17, 15) is 0 Å². The molecule has 15 heavy (non-hydrogen) atoms. The number of benzene rings is 1. The topological polar surface area (TPSA) is 12.0 Å². The molecule has 0 amide bonds. The van der Waals surface area contributed by atoms with Crippen LogP contribution < -0.4 is 5.32 Å². The van der Waals surface area contributed by atoms with Gasteiger partial charge in [-0.05, 0) is 43.5 Å². The molecule has 0 aliphatic heterocycles. The normalized spacial score (nSPS) is 14.9. The van der Waals surface area contributed by atoms with Gasteiger partial charge in [0.25, 0.3) is 0 Å². The minimum atomic E-state index is 0.543. The first kappa shape index (κ1) is 12.7. The van der Waals surface area contributed by atoms with Crippen LogP contribution >= 0.6 is 15.9 Å². The number of hydrogen-bond donors (Lipinski definition) is 1. The third kappa shape index (κ3) is 3.62. The fraction of sp³-hybridized carbons (Fsp3) is 0.538. The van der Waals surface area contributed by atoms with Crippen molar-refractivity contribution in [3.05, 3.63) is 34.3 Å². The molecule has 0 aliphatic carbocycles. The van der Waals surface area contributed by atoms with E-state index in [1.54, 1.807) is 0 Å². The molecule has 0 spiro atoms. The summed E-state index contributed by atoms with van der Waals surface area (Å²) in [5.74, 6) is 0.609. The fourth-order valence-electron chi connectivity index (χ4n) is 2.05. The van der Waals surface area contributed by atoms with E-state index >= 15 is 0 Å². The molecule has 2 heteroatoms. The lowest BCUT2D eigenvalue weighted by atomic mass is 9.90. The highest BCUT2D eigenvalue weighted by Gasteiger charge is 2.15. The van der Waals surface area contributed by atoms with Crippen molar-refractivity contribution >= 4 is 15.9 Å². The maximum atomic E-state index is 3.50. The first-order valence-corrected chi connectivity index (χ1v) is 6.47. The molecule has 0 saturated carbocycles. The van der Waals surface area contributed by atoms with Crippen LogP contribution in [-0.4, -0.2) is 12.6 Å². The molecule has 0 fully saturated rings. The van der Waals surface area contributed by atoms with Gasteiger partial charge in [0.15, 0.2) is 0 Å². The molecule has 0 radical (unpaired) electrons. The lowest BCUT2D eigenvalue weighted by molar-refractivity contribution is 0.460. The molecule has 0 heterocycles. The maximum absolute atomic E-state index is 3.50. The molecule has 84 valence electrons. The number of hydrogen-bond acceptors (Lipinski definition) is 1. The van der Waals surface area contributed by atoms with Crippen LogP contribution in [0.1, 0.15) is 38.7 Å². The van der Waals surface area contributed by atoms with E-state index in [0.717, 1.165) is 11.0 Å². The van der Waals surface area contributed by atoms with Gasteiger partial charge in [-0.2, -0.15) is 0 Å². The molecule has 2 atom stereocenters. The van der Waals surface area contributed by atoms with Crippen LogP contribution in [0.15, 0.2) is 28.7 Å². The summed E-state index contributed by atoms with van der Waals surface area (Å²) < 4.78 is 1.15. The Balaban J connectivity index is 2.77. The third-order valence-electron chi connectivity index (χ3n) is 2.87. The fourth-order valence-corrected chi connectivity index (χ4v) is 2.32. The molecule has 1 aromatic carbocycles. The van der Waals surface area contributed by atoms with E-state index in [4.69, 9.17) is 0 Å². The van der Waals surface area contributed by atoms with Crippen LogP contribution in [0.25, 0.3) is 0 Å². The molecule has 1 rings (SSSR count). The van der Waals surface area contributed by atoms with Gasteiger partial charge >= 0.3 is 0 Å². The zero-order valence-electron chi connectivity index (χ0n) is 9.76. The number of likely N-dealkylation sites (N-methyl/N-ethyl adjacent to an activating group) is 1. The van der Waals surface area contributed by atoms with E-state index in [2.05, 4.69) is 66.3 Å². The molecule has 0 bridgehead atoms. The Hall–Kier alpha value is -0.340. The van der Waals surface area contributed by atoms with Crippen molar-refractivity contribution in [2.24, 2.45) is 0 Å². The average Bonchev–Trinajstić information content (AvgIpc) is 2.22. The molecular formula is C13H20BrN. The first-order chi connectivity index (χ1) is 7.19. The summed E-state index contributed by atoms with van der Waals surface area (Å²) in [7, 11) is 0. The SMILES string of the molecule is CCNC(C)C(CC)c1ccc(Br)cc1. The molecule has 1 aromatic rings. The van der Waals surface area contributed by atoms with Gasteiger partial charge < -0.3 is 5.32 Å². The summed E-state index contributed by atoms with van der Waals surface area (Å²) >= 11 is 3.47. The van der Waals surface area contributed by atoms with Gasteiger partial charge in [0.05, 0.1) is 0 Å². The second-order valence-corrected chi connectivity index (χ2v) is 4.83. The highest BCUT2D eigenvalue weighted by molar-refractivity contribution is 9.10. The lowest BCUT2D eigenvalue weighted by Crippen LogP contribution is -2.31. The molecular weight excluding hydrogens is 250 g/mol. The highest BCUT2D eigenvalue weighted by atomic mass is 79.9. The van der Waals surface area contributed by atoms with Gasteiger partial charge in [0, 0.05) is 10.5 Å². The Morgan fingerprint density at radius 2 is 1.80 bits per heavy atom. The van der Waals surface area contributed by atoms with Crippen molar-refractivity contribution in [2.75, 3.05) is 6.54 Å². The predicted octanol–water partition coefficient (Wildman–Crippen LogP) is 3.94. The Morgan fingerprint density at radius 3 is 2.27 bits per heavy atom. The molecule has 2 unspecified atom stereocenters. The largest absolute Gasteiger partial charge is 0.314 e. The highest BCUT2D eigenvalue weighted by Crippen LogP contribution is 2.24. The molecule has 1 nitrogen and oxygen atoms in total. The number of halogens is 1. The third-order valence-corrected chi connectivity index (χ3v) is 3.40. The van der Waals surface area contributed by atoms with E-state index in [1.807, 2.05) is 0 Å². The van der Waals surface area contributed by atoms with Gasteiger partial charge in [-0.25, -0.2) is 0 Å². The summed E-state index contributed by atoms with van der Waals surface area (Å²) in [6.45, 7) is 7.71. The molecule has 0 aromatic heterocycles. The van der Waals surface area contributed by atoms with Crippen molar-refractivity contribution in [3.63, 3.8) is 0 Å². The van der Waals surface area contributed by atoms with Gasteiger partial charge in [-0.3, -0.25) is 0 Å². The van der Waals surface area contributed by atoms with Crippen molar-refractivity contribution in [1.29, 1.82) is 0 Å². The second-order valence-electron chi connectivity index (χ2n) is 3.91. The van der Waals surface area contributed by atoms with Crippen molar-refractivity contribution < 1.29 is 0 Å². The first-order valence-electron chi connectivity index (χ1n) is 5.67. The minimum Gasteiger partial charge on any atom is -0.314 e. The summed E-state index contributed by atoms with van der Waals surface area (Å²) in [6.07, 6.45) is 1.18. The predicted molar refractivity (Wildman–Crippen MR) is 70.3 cm³/mol. The summed E-state index contributed by atoms with van der Waals surface area (Å²) in [5, 5.41) is 3.50. The van der Waals surface area contributed by atoms with E-state index in [1.165, 1.54) is 12.0 Å². The Bertz CT molecular complexity index is 281. The van der Waals surface area contributed by atoms with Crippen molar-refractivity contribution in [3.8, 4) is 0 Å². The minimum absolute atomic E-state index is 0.543. The zero-order valence-corrected chi connectivity index (χ0v) is 11.3. The van der Waals surface area contributed by atoms with Gasteiger partial charge in [0.1, 0.15) is 0 Å². The van der Waals surface area contributed by atoms with Crippen LogP contribution in [0.2, 0.25) is 0 Å². The molecule has 0 saturated heterocycles. The van der Waals surface area contributed by atoms with Crippen LogP contribution in [0, 0.1) is 0 Å². The Kier molecular flexibility index (Phi) is 5.34. The smallest absolute Gasteiger partial charge is 0.0175 e. The molecule has 1 N–H and O–H groups in total. The maximum Gasteiger partial charge on any atom is 0.0175 e. The van der Waals surface area contributed by atoms with Crippen LogP contribution in [0.5, 0.6) is 0 Å². The van der Waals surface area contributed by atoms with Crippen molar-refractivity contribution in [1.82, 2.24) is 5.32 Å².